The Morgan fingerprint density at radius 3 is 1.40 bits per heavy atom. The normalized spacial score (nSPS) is 30.5. The minimum absolute atomic E-state index is 0.587. The summed E-state index contributed by atoms with van der Waals surface area (Å²) in [4.78, 5) is -2.68. The van der Waals surface area contributed by atoms with Gasteiger partial charge in [-0.25, -0.2) is 21.2 Å². The fraction of sp³-hybridized carbons (Fsp3) is 1.00. The fourth-order valence-electron chi connectivity index (χ4n) is 0.641. The lowest BCUT2D eigenvalue weighted by Crippen LogP contribution is -2.16. The first-order valence-electron chi connectivity index (χ1n) is 2.43. The largest absolute Gasteiger partial charge is 0.299 e. The molecule has 60 valence electrons. The lowest BCUT2D eigenvalue weighted by molar-refractivity contribution is 0.487. The van der Waals surface area contributed by atoms with Crippen molar-refractivity contribution >= 4 is 19.7 Å². The van der Waals surface area contributed by atoms with E-state index in [4.69, 9.17) is 0 Å². The lowest BCUT2D eigenvalue weighted by atomic mass is 11.0. The SMILES string of the molecule is O=S1(=O)CCS(=O)(=O)C1F. The molecule has 0 unspecified atom stereocenters. The number of halogens is 1. The van der Waals surface area contributed by atoms with Crippen LogP contribution in [-0.4, -0.2) is 33.2 Å². The van der Waals surface area contributed by atoms with Crippen LogP contribution in [0.1, 0.15) is 0 Å². The molecule has 0 aromatic heterocycles. The summed E-state index contributed by atoms with van der Waals surface area (Å²) in [7, 11) is -7.97. The summed E-state index contributed by atoms with van der Waals surface area (Å²) in [6.07, 6.45) is 0. The van der Waals surface area contributed by atoms with Gasteiger partial charge in [0.15, 0.2) is 19.7 Å². The molecule has 1 heterocycles. The number of sulfone groups is 2. The molecule has 0 amide bonds. The van der Waals surface area contributed by atoms with Gasteiger partial charge in [0.25, 0.3) is 4.84 Å². The van der Waals surface area contributed by atoms with E-state index < -0.39 is 36.0 Å². The Morgan fingerprint density at radius 1 is 1.00 bits per heavy atom. The third-order valence-corrected chi connectivity index (χ3v) is 5.91. The smallest absolute Gasteiger partial charge is 0.225 e. The van der Waals surface area contributed by atoms with Crippen LogP contribution in [0.5, 0.6) is 0 Å². The molecule has 0 N–H and O–H groups in total. The summed E-state index contributed by atoms with van der Waals surface area (Å²) >= 11 is 0. The van der Waals surface area contributed by atoms with Gasteiger partial charge in [-0.3, -0.25) is 0 Å². The van der Waals surface area contributed by atoms with Crippen molar-refractivity contribution in [2.45, 2.75) is 4.84 Å². The van der Waals surface area contributed by atoms with Crippen molar-refractivity contribution in [3.8, 4) is 0 Å². The Kier molecular flexibility index (Phi) is 1.52. The van der Waals surface area contributed by atoms with Gasteiger partial charge in [-0.2, -0.15) is 0 Å². The highest BCUT2D eigenvalue weighted by Crippen LogP contribution is 2.20. The van der Waals surface area contributed by atoms with Crippen LogP contribution in [0, 0.1) is 0 Å². The Labute approximate surface area is 57.9 Å². The van der Waals surface area contributed by atoms with Crippen molar-refractivity contribution in [1.29, 1.82) is 0 Å². The van der Waals surface area contributed by atoms with Crippen LogP contribution in [0.3, 0.4) is 0 Å². The highest BCUT2D eigenvalue weighted by molar-refractivity contribution is 8.11. The zero-order valence-corrected chi connectivity index (χ0v) is 6.45. The number of hydrogen-bond acceptors (Lipinski definition) is 4. The average Bonchev–Trinajstić information content (AvgIpc) is 1.95. The van der Waals surface area contributed by atoms with Crippen LogP contribution in [0.2, 0.25) is 0 Å². The summed E-state index contributed by atoms with van der Waals surface area (Å²) in [6.45, 7) is 0. The van der Waals surface area contributed by atoms with E-state index in [1.807, 2.05) is 0 Å². The third-order valence-electron chi connectivity index (χ3n) is 1.22. The van der Waals surface area contributed by atoms with Crippen LogP contribution in [0.25, 0.3) is 0 Å². The highest BCUT2D eigenvalue weighted by atomic mass is 32.3. The monoisotopic (exact) mass is 188 g/mol. The predicted molar refractivity (Wildman–Crippen MR) is 32.5 cm³/mol. The molecule has 0 atom stereocenters. The molecule has 4 nitrogen and oxygen atoms in total. The van der Waals surface area contributed by atoms with E-state index in [0.29, 0.717) is 0 Å². The molecular weight excluding hydrogens is 183 g/mol. The summed E-state index contributed by atoms with van der Waals surface area (Å²) in [6, 6.07) is 0. The van der Waals surface area contributed by atoms with Crippen molar-refractivity contribution in [1.82, 2.24) is 0 Å². The van der Waals surface area contributed by atoms with E-state index in [1.54, 1.807) is 0 Å². The predicted octanol–water partition coefficient (Wildman–Crippen LogP) is -0.917. The molecule has 1 saturated heterocycles. The minimum atomic E-state index is -3.99. The van der Waals surface area contributed by atoms with Gasteiger partial charge >= 0.3 is 0 Å². The van der Waals surface area contributed by atoms with Crippen LogP contribution >= 0.6 is 0 Å². The van der Waals surface area contributed by atoms with Crippen molar-refractivity contribution in [3.63, 3.8) is 0 Å². The average molecular weight is 188 g/mol. The maximum Gasteiger partial charge on any atom is 0.299 e. The molecule has 1 aliphatic rings. The first-order valence-corrected chi connectivity index (χ1v) is 5.86. The molecule has 1 fully saturated rings. The van der Waals surface area contributed by atoms with Crippen molar-refractivity contribution in [2.75, 3.05) is 11.5 Å². The van der Waals surface area contributed by atoms with Gasteiger partial charge in [0.05, 0.1) is 11.5 Å². The van der Waals surface area contributed by atoms with Crippen LogP contribution < -0.4 is 0 Å². The first kappa shape index (κ1) is 7.93. The van der Waals surface area contributed by atoms with Gasteiger partial charge in [-0.05, 0) is 0 Å². The summed E-state index contributed by atoms with van der Waals surface area (Å²) in [5.74, 6) is -1.17. The molecule has 0 aliphatic carbocycles. The number of hydrogen-bond donors (Lipinski definition) is 0. The maximum absolute atomic E-state index is 12.3. The van der Waals surface area contributed by atoms with E-state index in [9.17, 15) is 21.2 Å². The van der Waals surface area contributed by atoms with Crippen molar-refractivity contribution < 1.29 is 21.2 Å². The molecule has 0 spiro atoms. The van der Waals surface area contributed by atoms with E-state index in [0.717, 1.165) is 0 Å². The molecule has 0 bridgehead atoms. The highest BCUT2D eigenvalue weighted by Gasteiger charge is 2.44. The Bertz CT molecular complexity index is 292. The van der Waals surface area contributed by atoms with E-state index in [-0.39, 0.29) is 0 Å². The second-order valence-corrected chi connectivity index (χ2v) is 6.60. The molecule has 7 heteroatoms. The summed E-state index contributed by atoms with van der Waals surface area (Å²) < 4.78 is 54.0. The van der Waals surface area contributed by atoms with E-state index in [1.165, 1.54) is 0 Å². The number of alkyl halides is 1. The van der Waals surface area contributed by atoms with Gasteiger partial charge in [-0.1, -0.05) is 0 Å². The summed E-state index contributed by atoms with van der Waals surface area (Å²) in [5.41, 5.74) is 0. The fourth-order valence-corrected chi connectivity index (χ4v) is 5.23. The van der Waals surface area contributed by atoms with Gasteiger partial charge in [0, 0.05) is 0 Å². The summed E-state index contributed by atoms with van der Waals surface area (Å²) in [5, 5.41) is 0. The first-order chi connectivity index (χ1) is 4.36. The van der Waals surface area contributed by atoms with Crippen molar-refractivity contribution in [3.05, 3.63) is 0 Å². The minimum Gasteiger partial charge on any atom is -0.225 e. The molecule has 0 aromatic rings. The Hall–Kier alpha value is -0.170. The molecule has 0 saturated carbocycles. The molecule has 1 aliphatic heterocycles. The quantitative estimate of drug-likeness (QED) is 0.493. The van der Waals surface area contributed by atoms with Gasteiger partial charge in [-0.15, -0.1) is 0 Å². The molecular formula is C3H5FO4S2. The van der Waals surface area contributed by atoms with Crippen LogP contribution in [-0.2, 0) is 19.7 Å². The van der Waals surface area contributed by atoms with Crippen molar-refractivity contribution in [2.24, 2.45) is 0 Å². The third kappa shape index (κ3) is 1.03. The topological polar surface area (TPSA) is 68.3 Å². The lowest BCUT2D eigenvalue weighted by Gasteiger charge is -1.93. The van der Waals surface area contributed by atoms with Gasteiger partial charge in [0.2, 0.25) is 0 Å². The Morgan fingerprint density at radius 2 is 1.30 bits per heavy atom. The van der Waals surface area contributed by atoms with Crippen LogP contribution in [0.4, 0.5) is 4.39 Å². The second kappa shape index (κ2) is 1.91. The Balaban J connectivity index is 3.25. The van der Waals surface area contributed by atoms with E-state index >= 15 is 0 Å². The van der Waals surface area contributed by atoms with Gasteiger partial charge < -0.3 is 0 Å². The zero-order chi connectivity index (χ0) is 7.99. The van der Waals surface area contributed by atoms with E-state index in [2.05, 4.69) is 0 Å². The molecule has 0 aromatic carbocycles. The molecule has 1 rings (SSSR count). The second-order valence-electron chi connectivity index (χ2n) is 2.01. The van der Waals surface area contributed by atoms with Gasteiger partial charge in [0.1, 0.15) is 0 Å². The maximum atomic E-state index is 12.3. The molecule has 0 radical (unpaired) electrons. The number of rotatable bonds is 0. The molecule has 10 heavy (non-hydrogen) atoms. The van der Waals surface area contributed by atoms with Crippen LogP contribution in [0.15, 0.2) is 0 Å². The zero-order valence-electron chi connectivity index (χ0n) is 4.82. The standard InChI is InChI=1S/C3H5FO4S2/c4-3-9(5,6)1-2-10(3,7)8/h3H,1-2H2.